The number of rotatable bonds is 5. The van der Waals surface area contributed by atoms with Gasteiger partial charge in [0.2, 0.25) is 0 Å². The van der Waals surface area contributed by atoms with Gasteiger partial charge in [0.05, 0.1) is 10.6 Å². The van der Waals surface area contributed by atoms with Crippen LogP contribution in [0.1, 0.15) is 39.1 Å². The Labute approximate surface area is 211 Å². The van der Waals surface area contributed by atoms with Crippen LogP contribution in [0.2, 0.25) is 0 Å². The zero-order valence-electron chi connectivity index (χ0n) is 20.0. The molecule has 1 fully saturated rings. The van der Waals surface area contributed by atoms with Crippen LogP contribution in [0.3, 0.4) is 0 Å². The molecule has 36 heavy (non-hydrogen) atoms. The fourth-order valence-corrected chi connectivity index (χ4v) is 5.24. The molecule has 4 heterocycles. The Bertz CT molecular complexity index is 1390. The predicted octanol–water partition coefficient (Wildman–Crippen LogP) is 5.31. The highest BCUT2D eigenvalue weighted by molar-refractivity contribution is 7.15. The van der Waals surface area contributed by atoms with Crippen LogP contribution < -0.4 is 0 Å². The summed E-state index contributed by atoms with van der Waals surface area (Å²) in [5.41, 5.74) is 1.67. The molecule has 0 radical (unpaired) electrons. The van der Waals surface area contributed by atoms with Crippen molar-refractivity contribution >= 4 is 22.9 Å². The standard InChI is InChI=1S/C26H26F3N5OS/c1-3-19-8-9-22(36-19)20-14-23(26(27,28)29)34-24(30-20)15-21(31-34)25(35)33-12-10-32(11-13-33)16-18-6-4-17(2)5-7-18/h4-9,14-15H,3,10-13,16H2,1-2H3. The topological polar surface area (TPSA) is 53.7 Å². The van der Waals surface area contributed by atoms with Crippen LogP contribution in [0.15, 0.2) is 48.5 Å². The third-order valence-electron chi connectivity index (χ3n) is 6.39. The number of fused-ring (bicyclic) bond motifs is 1. The molecule has 0 N–H and O–H groups in total. The minimum absolute atomic E-state index is 0.00707. The quantitative estimate of drug-likeness (QED) is 0.363. The van der Waals surface area contributed by atoms with E-state index in [0.717, 1.165) is 28.4 Å². The van der Waals surface area contributed by atoms with Crippen LogP contribution in [0, 0.1) is 6.92 Å². The number of hydrogen-bond acceptors (Lipinski definition) is 5. The summed E-state index contributed by atoms with van der Waals surface area (Å²) < 4.78 is 42.5. The number of halogens is 3. The van der Waals surface area contributed by atoms with E-state index in [1.54, 1.807) is 11.0 Å². The van der Waals surface area contributed by atoms with Crippen molar-refractivity contribution in [3.05, 3.63) is 75.9 Å². The van der Waals surface area contributed by atoms with Crippen molar-refractivity contribution in [1.29, 1.82) is 0 Å². The first kappa shape index (κ1) is 24.5. The fourth-order valence-electron chi connectivity index (χ4n) is 4.34. The normalized spacial score (nSPS) is 15.1. The molecule has 0 spiro atoms. The second kappa shape index (κ2) is 9.67. The summed E-state index contributed by atoms with van der Waals surface area (Å²) in [6.45, 7) is 7.16. The van der Waals surface area contributed by atoms with Crippen LogP contribution in [0.5, 0.6) is 0 Å². The Balaban J connectivity index is 1.36. The van der Waals surface area contributed by atoms with Gasteiger partial charge in [-0.3, -0.25) is 9.69 Å². The monoisotopic (exact) mass is 513 g/mol. The number of benzene rings is 1. The number of aromatic nitrogens is 3. The minimum Gasteiger partial charge on any atom is -0.335 e. The smallest absolute Gasteiger partial charge is 0.335 e. The third-order valence-corrected chi connectivity index (χ3v) is 7.64. The van der Waals surface area contributed by atoms with E-state index in [0.29, 0.717) is 31.1 Å². The van der Waals surface area contributed by atoms with Crippen molar-refractivity contribution in [2.75, 3.05) is 26.2 Å². The summed E-state index contributed by atoms with van der Waals surface area (Å²) in [6.07, 6.45) is -3.85. The number of piperazine rings is 1. The molecule has 1 amide bonds. The van der Waals surface area contributed by atoms with E-state index in [-0.39, 0.29) is 22.9 Å². The van der Waals surface area contributed by atoms with Crippen LogP contribution in [0.25, 0.3) is 16.2 Å². The molecule has 5 rings (SSSR count). The lowest BCUT2D eigenvalue weighted by molar-refractivity contribution is -0.142. The molecule has 1 aliphatic heterocycles. The number of alkyl halides is 3. The molecule has 10 heteroatoms. The van der Waals surface area contributed by atoms with Gasteiger partial charge in [-0.15, -0.1) is 11.3 Å². The average molecular weight is 514 g/mol. The fraction of sp³-hybridized carbons (Fsp3) is 0.346. The summed E-state index contributed by atoms with van der Waals surface area (Å²) in [5.74, 6) is -0.380. The summed E-state index contributed by atoms with van der Waals surface area (Å²) >= 11 is 1.41. The maximum atomic E-state index is 13.9. The van der Waals surface area contributed by atoms with E-state index >= 15 is 0 Å². The van der Waals surface area contributed by atoms with Gasteiger partial charge >= 0.3 is 6.18 Å². The van der Waals surface area contributed by atoms with Gasteiger partial charge in [0, 0.05) is 43.7 Å². The van der Waals surface area contributed by atoms with Gasteiger partial charge in [0.15, 0.2) is 17.0 Å². The van der Waals surface area contributed by atoms with Crippen molar-refractivity contribution in [2.24, 2.45) is 0 Å². The van der Waals surface area contributed by atoms with Gasteiger partial charge in [-0.2, -0.15) is 18.3 Å². The van der Waals surface area contributed by atoms with Gasteiger partial charge < -0.3 is 4.90 Å². The number of aryl methyl sites for hydroxylation is 2. The van der Waals surface area contributed by atoms with E-state index in [4.69, 9.17) is 0 Å². The van der Waals surface area contributed by atoms with E-state index in [1.807, 2.05) is 19.9 Å². The highest BCUT2D eigenvalue weighted by atomic mass is 32.1. The van der Waals surface area contributed by atoms with E-state index < -0.39 is 11.9 Å². The molecule has 1 saturated heterocycles. The Kier molecular flexibility index (Phi) is 6.57. The summed E-state index contributed by atoms with van der Waals surface area (Å²) in [6, 6.07) is 14.4. The first-order valence-corrected chi connectivity index (χ1v) is 12.7. The van der Waals surface area contributed by atoms with Gasteiger partial charge in [-0.1, -0.05) is 36.8 Å². The highest BCUT2D eigenvalue weighted by Crippen LogP contribution is 2.34. The van der Waals surface area contributed by atoms with Crippen molar-refractivity contribution in [1.82, 2.24) is 24.4 Å². The first-order chi connectivity index (χ1) is 17.2. The van der Waals surface area contributed by atoms with Crippen molar-refractivity contribution in [3.63, 3.8) is 0 Å². The number of nitrogens with zero attached hydrogens (tertiary/aromatic N) is 5. The van der Waals surface area contributed by atoms with Crippen LogP contribution in [-0.4, -0.2) is 56.5 Å². The number of carbonyl (C=O) groups excluding carboxylic acids is 1. The lowest BCUT2D eigenvalue weighted by atomic mass is 10.1. The summed E-state index contributed by atoms with van der Waals surface area (Å²) in [4.78, 5) is 23.2. The Morgan fingerprint density at radius 3 is 2.39 bits per heavy atom. The zero-order chi connectivity index (χ0) is 25.4. The molecule has 3 aromatic heterocycles. The van der Waals surface area contributed by atoms with Gasteiger partial charge in [0.25, 0.3) is 5.91 Å². The Morgan fingerprint density at radius 2 is 1.75 bits per heavy atom. The molecule has 0 saturated carbocycles. The largest absolute Gasteiger partial charge is 0.433 e. The molecule has 0 bridgehead atoms. The van der Waals surface area contributed by atoms with Crippen LogP contribution in [0.4, 0.5) is 13.2 Å². The average Bonchev–Trinajstić information content (AvgIpc) is 3.51. The SMILES string of the molecule is CCc1ccc(-c2cc(C(F)(F)F)n3nc(C(=O)N4CCN(Cc5ccc(C)cc5)CC4)cc3n2)s1. The summed E-state index contributed by atoms with van der Waals surface area (Å²) in [7, 11) is 0. The van der Waals surface area contributed by atoms with E-state index in [2.05, 4.69) is 39.2 Å². The summed E-state index contributed by atoms with van der Waals surface area (Å²) in [5, 5.41) is 4.04. The molecule has 0 unspecified atom stereocenters. The third kappa shape index (κ3) is 5.01. The number of hydrogen-bond donors (Lipinski definition) is 0. The molecule has 188 valence electrons. The van der Waals surface area contributed by atoms with E-state index in [9.17, 15) is 18.0 Å². The van der Waals surface area contributed by atoms with Gasteiger partial charge in [0.1, 0.15) is 0 Å². The van der Waals surface area contributed by atoms with E-state index in [1.165, 1.54) is 28.5 Å². The van der Waals surface area contributed by atoms with Gasteiger partial charge in [-0.25, -0.2) is 9.50 Å². The van der Waals surface area contributed by atoms with Crippen molar-refractivity contribution < 1.29 is 18.0 Å². The molecule has 1 aromatic carbocycles. The number of thiophene rings is 1. The van der Waals surface area contributed by atoms with Crippen LogP contribution >= 0.6 is 11.3 Å². The number of carbonyl (C=O) groups is 1. The lowest BCUT2D eigenvalue weighted by Gasteiger charge is -2.34. The van der Waals surface area contributed by atoms with Crippen LogP contribution in [-0.2, 0) is 19.1 Å². The molecule has 4 aromatic rings. The maximum Gasteiger partial charge on any atom is 0.433 e. The molecule has 0 atom stereocenters. The highest BCUT2D eigenvalue weighted by Gasteiger charge is 2.36. The molecule has 6 nitrogen and oxygen atoms in total. The Hall–Kier alpha value is -3.24. The Morgan fingerprint density at radius 1 is 1.03 bits per heavy atom. The molecule has 0 aliphatic carbocycles. The minimum atomic E-state index is -4.64. The molecular weight excluding hydrogens is 487 g/mol. The van der Waals surface area contributed by atoms with Crippen molar-refractivity contribution in [2.45, 2.75) is 33.0 Å². The number of amides is 1. The predicted molar refractivity (Wildman–Crippen MR) is 133 cm³/mol. The molecule has 1 aliphatic rings. The first-order valence-electron chi connectivity index (χ1n) is 11.9. The zero-order valence-corrected chi connectivity index (χ0v) is 20.9. The second-order valence-corrected chi connectivity index (χ2v) is 10.2. The van der Waals surface area contributed by atoms with Crippen molar-refractivity contribution in [3.8, 4) is 10.6 Å². The second-order valence-electron chi connectivity index (χ2n) is 9.00. The lowest BCUT2D eigenvalue weighted by Crippen LogP contribution is -2.48. The van der Waals surface area contributed by atoms with Gasteiger partial charge in [-0.05, 0) is 37.1 Å². The maximum absolute atomic E-state index is 13.9. The molecular formula is C26H26F3N5OS.